The number of aryl methyl sites for hydroxylation is 1. The Morgan fingerprint density at radius 2 is 1.90 bits per heavy atom. The van der Waals surface area contributed by atoms with Gasteiger partial charge in [-0.3, -0.25) is 9.59 Å². The number of benzene rings is 3. The van der Waals surface area contributed by atoms with Crippen molar-refractivity contribution in [1.82, 2.24) is 0 Å². The molecule has 29 heavy (non-hydrogen) atoms. The highest BCUT2D eigenvalue weighted by molar-refractivity contribution is 6.31. The summed E-state index contributed by atoms with van der Waals surface area (Å²) in [5, 5.41) is 5.99. The van der Waals surface area contributed by atoms with Gasteiger partial charge in [-0.1, -0.05) is 29.8 Å². The molecule has 1 aliphatic rings. The van der Waals surface area contributed by atoms with Gasteiger partial charge in [-0.2, -0.15) is 0 Å². The second-order valence-electron chi connectivity index (χ2n) is 6.51. The molecule has 0 aromatic heterocycles. The van der Waals surface area contributed by atoms with Crippen LogP contribution in [0.5, 0.6) is 17.2 Å². The normalized spacial score (nSPS) is 12.0. The van der Waals surface area contributed by atoms with E-state index in [0.29, 0.717) is 39.2 Å². The maximum atomic E-state index is 12.6. The lowest BCUT2D eigenvalue weighted by molar-refractivity contribution is -0.118. The zero-order valence-electron chi connectivity index (χ0n) is 15.5. The summed E-state index contributed by atoms with van der Waals surface area (Å²) in [6.45, 7) is 1.76. The van der Waals surface area contributed by atoms with Crippen LogP contribution in [0.15, 0.2) is 60.7 Å². The van der Waals surface area contributed by atoms with Gasteiger partial charge in [-0.15, -0.1) is 0 Å². The van der Waals surface area contributed by atoms with Crippen molar-refractivity contribution in [3.05, 3.63) is 76.8 Å². The molecule has 0 unspecified atom stereocenters. The zero-order chi connectivity index (χ0) is 20.4. The van der Waals surface area contributed by atoms with E-state index in [-0.39, 0.29) is 18.4 Å². The molecule has 0 fully saturated rings. The van der Waals surface area contributed by atoms with Gasteiger partial charge >= 0.3 is 0 Å². The number of carbonyl (C=O) groups excluding carboxylic acids is 2. The van der Waals surface area contributed by atoms with Crippen LogP contribution in [0.4, 0.5) is 11.4 Å². The van der Waals surface area contributed by atoms with Crippen LogP contribution in [0, 0.1) is 6.92 Å². The number of hydrogen-bond donors (Lipinski definition) is 2. The summed E-state index contributed by atoms with van der Waals surface area (Å²) in [5.41, 5.74) is 2.19. The molecule has 0 spiro atoms. The van der Waals surface area contributed by atoms with Gasteiger partial charge in [0.1, 0.15) is 11.5 Å². The largest absolute Gasteiger partial charge is 0.483 e. The number of anilines is 2. The van der Waals surface area contributed by atoms with Crippen LogP contribution in [-0.4, -0.2) is 18.4 Å². The Balaban J connectivity index is 1.48. The number of fused-ring (bicyclic) bond motifs is 2. The van der Waals surface area contributed by atoms with Gasteiger partial charge in [0.2, 0.25) is 0 Å². The van der Waals surface area contributed by atoms with Gasteiger partial charge in [0.25, 0.3) is 11.8 Å². The van der Waals surface area contributed by atoms with Gasteiger partial charge in [0.05, 0.1) is 11.3 Å². The van der Waals surface area contributed by atoms with Crippen LogP contribution < -0.4 is 20.1 Å². The van der Waals surface area contributed by atoms with Crippen molar-refractivity contribution in [3.8, 4) is 17.2 Å². The van der Waals surface area contributed by atoms with E-state index in [2.05, 4.69) is 10.6 Å². The van der Waals surface area contributed by atoms with Gasteiger partial charge in [0, 0.05) is 10.7 Å². The third kappa shape index (κ3) is 4.17. The van der Waals surface area contributed by atoms with Crippen LogP contribution >= 0.6 is 11.6 Å². The number of para-hydroxylation sites is 1. The molecule has 3 aromatic rings. The minimum atomic E-state index is -0.353. The molecule has 0 bridgehead atoms. The van der Waals surface area contributed by atoms with E-state index in [4.69, 9.17) is 21.1 Å². The molecule has 2 N–H and O–H groups in total. The fourth-order valence-corrected chi connectivity index (χ4v) is 3.10. The fraction of sp³-hybridized carbons (Fsp3) is 0.0909. The fourth-order valence-electron chi connectivity index (χ4n) is 2.93. The standard InChI is InChI=1S/C22H17ClN2O4/c1-13-4-2-3-5-18(13)28-12-21(26)24-15-7-9-19-16(11-15)22(27)25-17-10-14(23)6-8-20(17)29-19/h2-11H,12H2,1H3,(H,24,26)(H,25,27). The van der Waals surface area contributed by atoms with Crippen molar-refractivity contribution in [2.45, 2.75) is 6.92 Å². The monoisotopic (exact) mass is 408 g/mol. The smallest absolute Gasteiger partial charge is 0.262 e. The Kier molecular flexibility index (Phi) is 5.10. The maximum absolute atomic E-state index is 12.6. The summed E-state index contributed by atoms with van der Waals surface area (Å²) in [5.74, 6) is 0.836. The van der Waals surface area contributed by atoms with Crippen LogP contribution in [-0.2, 0) is 4.79 Å². The third-order valence-corrected chi connectivity index (χ3v) is 4.61. The van der Waals surface area contributed by atoms with Crippen molar-refractivity contribution < 1.29 is 19.1 Å². The first-order valence-corrected chi connectivity index (χ1v) is 9.28. The maximum Gasteiger partial charge on any atom is 0.262 e. The lowest BCUT2D eigenvalue weighted by Crippen LogP contribution is -2.20. The summed E-state index contributed by atoms with van der Waals surface area (Å²) >= 11 is 5.99. The molecule has 0 radical (unpaired) electrons. The van der Waals surface area contributed by atoms with E-state index < -0.39 is 0 Å². The van der Waals surface area contributed by atoms with Crippen molar-refractivity contribution in [2.75, 3.05) is 17.2 Å². The van der Waals surface area contributed by atoms with Gasteiger partial charge in [-0.25, -0.2) is 0 Å². The Morgan fingerprint density at radius 3 is 2.72 bits per heavy atom. The lowest BCUT2D eigenvalue weighted by atomic mass is 10.1. The predicted octanol–water partition coefficient (Wildman–Crippen LogP) is 5.02. The molecule has 1 heterocycles. The van der Waals surface area contributed by atoms with Crippen molar-refractivity contribution >= 4 is 34.8 Å². The van der Waals surface area contributed by atoms with Gasteiger partial charge in [-0.05, 0) is 55.0 Å². The van der Waals surface area contributed by atoms with Crippen molar-refractivity contribution in [2.24, 2.45) is 0 Å². The summed E-state index contributed by atoms with van der Waals surface area (Å²) in [7, 11) is 0. The average molecular weight is 409 g/mol. The molecule has 6 nitrogen and oxygen atoms in total. The number of amides is 2. The SMILES string of the molecule is Cc1ccccc1OCC(=O)Nc1ccc2c(c1)C(=O)Nc1cc(Cl)ccc1O2. The number of halogens is 1. The molecule has 0 saturated heterocycles. The molecule has 1 aliphatic heterocycles. The molecule has 4 rings (SSSR count). The minimum Gasteiger partial charge on any atom is -0.483 e. The first-order chi connectivity index (χ1) is 14.0. The number of carbonyl (C=O) groups is 2. The molecule has 146 valence electrons. The summed E-state index contributed by atoms with van der Waals surface area (Å²) in [6.07, 6.45) is 0. The highest BCUT2D eigenvalue weighted by Gasteiger charge is 2.22. The zero-order valence-corrected chi connectivity index (χ0v) is 16.2. The van der Waals surface area contributed by atoms with E-state index in [1.807, 2.05) is 25.1 Å². The molecule has 3 aromatic carbocycles. The number of nitrogens with one attached hydrogen (secondary N) is 2. The van der Waals surface area contributed by atoms with Crippen LogP contribution in [0.1, 0.15) is 15.9 Å². The van der Waals surface area contributed by atoms with Crippen LogP contribution in [0.2, 0.25) is 5.02 Å². The number of ether oxygens (including phenoxy) is 2. The Morgan fingerprint density at radius 1 is 1.10 bits per heavy atom. The average Bonchev–Trinajstić information content (AvgIpc) is 2.83. The number of hydrogen-bond acceptors (Lipinski definition) is 4. The van der Waals surface area contributed by atoms with Crippen LogP contribution in [0.3, 0.4) is 0 Å². The number of rotatable bonds is 4. The van der Waals surface area contributed by atoms with Crippen molar-refractivity contribution in [3.63, 3.8) is 0 Å². The van der Waals surface area contributed by atoms with Gasteiger partial charge in [0.15, 0.2) is 12.4 Å². The van der Waals surface area contributed by atoms with Crippen molar-refractivity contribution in [1.29, 1.82) is 0 Å². The van der Waals surface area contributed by atoms with E-state index in [0.717, 1.165) is 5.56 Å². The predicted molar refractivity (Wildman–Crippen MR) is 111 cm³/mol. The second kappa shape index (κ2) is 7.85. The van der Waals surface area contributed by atoms with Crippen LogP contribution in [0.25, 0.3) is 0 Å². The van der Waals surface area contributed by atoms with E-state index in [9.17, 15) is 9.59 Å². The highest BCUT2D eigenvalue weighted by atomic mass is 35.5. The quantitative estimate of drug-likeness (QED) is 0.635. The molecule has 2 amide bonds. The Labute approximate surface area is 172 Å². The summed E-state index contributed by atoms with van der Waals surface area (Å²) < 4.78 is 11.4. The minimum absolute atomic E-state index is 0.144. The summed E-state index contributed by atoms with van der Waals surface area (Å²) in [4.78, 5) is 24.8. The third-order valence-electron chi connectivity index (χ3n) is 4.37. The first-order valence-electron chi connectivity index (χ1n) is 8.91. The second-order valence-corrected chi connectivity index (χ2v) is 6.95. The molecule has 0 saturated carbocycles. The van der Waals surface area contributed by atoms with E-state index >= 15 is 0 Å². The topological polar surface area (TPSA) is 76.7 Å². The molecule has 7 heteroatoms. The molecular formula is C22H17ClN2O4. The van der Waals surface area contributed by atoms with E-state index in [1.54, 1.807) is 42.5 Å². The molecule has 0 aliphatic carbocycles. The summed E-state index contributed by atoms with van der Waals surface area (Å²) in [6, 6.07) is 17.3. The van der Waals surface area contributed by atoms with E-state index in [1.165, 1.54) is 0 Å². The molecule has 0 atom stereocenters. The molecular weight excluding hydrogens is 392 g/mol. The van der Waals surface area contributed by atoms with Gasteiger partial charge < -0.3 is 20.1 Å². The Hall–Kier alpha value is -3.51. The lowest BCUT2D eigenvalue weighted by Gasteiger charge is -2.11. The highest BCUT2D eigenvalue weighted by Crippen LogP contribution is 2.37. The Bertz CT molecular complexity index is 1110. The first kappa shape index (κ1) is 18.8.